The van der Waals surface area contributed by atoms with Crippen LogP contribution in [0.25, 0.3) is 0 Å². The normalized spacial score (nSPS) is 11.8. The predicted octanol–water partition coefficient (Wildman–Crippen LogP) is 3.47. The molecule has 116 valence electrons. The number of urea groups is 1. The number of amides is 2. The average Bonchev–Trinajstić information content (AvgIpc) is 2.46. The molecule has 1 rings (SSSR count). The first-order valence-corrected chi connectivity index (χ1v) is 7.34. The topological polar surface area (TPSA) is 60.9 Å². The quantitative estimate of drug-likeness (QED) is 0.875. The van der Waals surface area contributed by atoms with Crippen molar-refractivity contribution in [3.63, 3.8) is 0 Å². The largest absolute Gasteiger partial charge is 0.480 e. The van der Waals surface area contributed by atoms with Crippen LogP contribution in [-0.2, 0) is 4.79 Å². The van der Waals surface area contributed by atoms with Crippen LogP contribution >= 0.6 is 11.6 Å². The first-order chi connectivity index (χ1) is 9.90. The monoisotopic (exact) mass is 312 g/mol. The molecule has 0 saturated carbocycles. The molecule has 0 radical (unpaired) electrons. The lowest BCUT2D eigenvalue weighted by atomic mass is 10.2. The van der Waals surface area contributed by atoms with Crippen LogP contribution < -0.4 is 4.90 Å². The summed E-state index contributed by atoms with van der Waals surface area (Å²) in [5, 5.41) is 9.60. The number of hydrogen-bond donors (Lipinski definition) is 1. The summed E-state index contributed by atoms with van der Waals surface area (Å²) in [4.78, 5) is 26.6. The van der Waals surface area contributed by atoms with E-state index in [1.807, 2.05) is 20.8 Å². The number of nitrogens with zero attached hydrogens (tertiary/aromatic N) is 2. The number of anilines is 1. The molecule has 1 atom stereocenters. The van der Waals surface area contributed by atoms with Crippen molar-refractivity contribution in [1.29, 1.82) is 0 Å². The number of rotatable bonds is 6. The number of carboxylic acids is 1. The fraction of sp³-hybridized carbons (Fsp3) is 0.467. The van der Waals surface area contributed by atoms with E-state index in [4.69, 9.17) is 16.7 Å². The highest BCUT2D eigenvalue weighted by Crippen LogP contribution is 2.20. The van der Waals surface area contributed by atoms with Crippen LogP contribution in [0, 0.1) is 0 Å². The summed E-state index contributed by atoms with van der Waals surface area (Å²) >= 11 is 5.83. The fourth-order valence-electron chi connectivity index (χ4n) is 2.04. The Balaban J connectivity index is 3.09. The van der Waals surface area contributed by atoms with Gasteiger partial charge in [0.2, 0.25) is 0 Å². The molecule has 0 aromatic heterocycles. The zero-order chi connectivity index (χ0) is 16.0. The van der Waals surface area contributed by atoms with Crippen LogP contribution in [0.5, 0.6) is 0 Å². The number of carbonyl (C=O) groups excluding carboxylic acids is 1. The number of hydrogen-bond acceptors (Lipinski definition) is 2. The molecule has 1 N–H and O–H groups in total. The molecule has 6 heteroatoms. The Morgan fingerprint density at radius 2 is 1.81 bits per heavy atom. The van der Waals surface area contributed by atoms with Gasteiger partial charge in [-0.1, -0.05) is 18.5 Å². The van der Waals surface area contributed by atoms with E-state index in [-0.39, 0.29) is 18.6 Å². The third-order valence-electron chi connectivity index (χ3n) is 3.37. The molecule has 0 fully saturated rings. The molecule has 1 aromatic carbocycles. The van der Waals surface area contributed by atoms with Crippen molar-refractivity contribution < 1.29 is 14.7 Å². The molecule has 2 amide bonds. The fourth-order valence-corrected chi connectivity index (χ4v) is 2.16. The zero-order valence-electron chi connectivity index (χ0n) is 12.5. The van der Waals surface area contributed by atoms with Crippen LogP contribution in [-0.4, -0.2) is 41.1 Å². The van der Waals surface area contributed by atoms with E-state index in [9.17, 15) is 9.59 Å². The summed E-state index contributed by atoms with van der Waals surface area (Å²) in [6, 6.07) is 6.31. The summed E-state index contributed by atoms with van der Waals surface area (Å²) in [6.07, 6.45) is 0.807. The van der Waals surface area contributed by atoms with Crippen LogP contribution in [0.2, 0.25) is 5.02 Å². The number of carbonyl (C=O) groups is 2. The van der Waals surface area contributed by atoms with E-state index in [2.05, 4.69) is 0 Å². The summed E-state index contributed by atoms with van der Waals surface area (Å²) in [6.45, 7) is 5.96. The lowest BCUT2D eigenvalue weighted by Crippen LogP contribution is -2.49. The Kier molecular flexibility index (Phi) is 6.49. The van der Waals surface area contributed by atoms with Crippen molar-refractivity contribution in [2.75, 3.05) is 18.0 Å². The number of carboxylic acid groups (broad SMARTS) is 1. The zero-order valence-corrected chi connectivity index (χ0v) is 13.3. The Labute approximate surface area is 130 Å². The van der Waals surface area contributed by atoms with Crippen LogP contribution in [0.15, 0.2) is 24.3 Å². The lowest BCUT2D eigenvalue weighted by molar-refractivity contribution is -0.135. The van der Waals surface area contributed by atoms with E-state index in [1.165, 1.54) is 4.90 Å². The van der Waals surface area contributed by atoms with Gasteiger partial charge in [0.25, 0.3) is 0 Å². The minimum atomic E-state index is -1.06. The van der Waals surface area contributed by atoms with E-state index in [0.717, 1.165) is 6.42 Å². The van der Waals surface area contributed by atoms with Crippen LogP contribution in [0.3, 0.4) is 0 Å². The highest BCUT2D eigenvalue weighted by molar-refractivity contribution is 6.30. The van der Waals surface area contributed by atoms with Gasteiger partial charge in [-0.05, 0) is 44.5 Å². The molecule has 0 heterocycles. The predicted molar refractivity (Wildman–Crippen MR) is 84.0 cm³/mol. The second kappa shape index (κ2) is 7.88. The molecule has 5 nitrogen and oxygen atoms in total. The highest BCUT2D eigenvalue weighted by Gasteiger charge is 2.26. The Morgan fingerprint density at radius 3 is 2.24 bits per heavy atom. The molecule has 0 bridgehead atoms. The maximum absolute atomic E-state index is 12.7. The highest BCUT2D eigenvalue weighted by atomic mass is 35.5. The van der Waals surface area contributed by atoms with Crippen molar-refractivity contribution in [2.45, 2.75) is 33.2 Å². The summed E-state index contributed by atoms with van der Waals surface area (Å²) in [5.41, 5.74) is 0.522. The van der Waals surface area contributed by atoms with Gasteiger partial charge in [0.15, 0.2) is 0 Å². The number of halogens is 1. The van der Waals surface area contributed by atoms with E-state index < -0.39 is 5.97 Å². The maximum Gasteiger partial charge on any atom is 0.325 e. The molecule has 0 saturated heterocycles. The number of aliphatic carboxylic acids is 1. The molecule has 1 unspecified atom stereocenters. The van der Waals surface area contributed by atoms with Gasteiger partial charge in [-0.3, -0.25) is 9.69 Å². The summed E-state index contributed by atoms with van der Waals surface area (Å²) in [5.74, 6) is -1.06. The smallest absolute Gasteiger partial charge is 0.325 e. The standard InChI is InChI=1S/C15H21ClN2O3/c1-4-11(3)17(5-2)15(21)18(10-14(19)20)13-8-6-12(16)7-9-13/h6-9,11H,4-5,10H2,1-3H3,(H,19,20). The van der Waals surface area contributed by atoms with Gasteiger partial charge in [-0.2, -0.15) is 0 Å². The summed E-state index contributed by atoms with van der Waals surface area (Å²) in [7, 11) is 0. The van der Waals surface area contributed by atoms with Crippen LogP contribution in [0.4, 0.5) is 10.5 Å². The SMILES string of the molecule is CCC(C)N(CC)C(=O)N(CC(=O)O)c1ccc(Cl)cc1. The van der Waals surface area contributed by atoms with Crippen molar-refractivity contribution in [3.05, 3.63) is 29.3 Å². The Hall–Kier alpha value is -1.75. The Morgan fingerprint density at radius 1 is 1.24 bits per heavy atom. The minimum Gasteiger partial charge on any atom is -0.480 e. The maximum atomic E-state index is 12.7. The third kappa shape index (κ3) is 4.63. The average molecular weight is 313 g/mol. The van der Waals surface area contributed by atoms with E-state index in [1.54, 1.807) is 29.2 Å². The molecule has 21 heavy (non-hydrogen) atoms. The van der Waals surface area contributed by atoms with Gasteiger partial charge in [0, 0.05) is 23.3 Å². The molecule has 0 aliphatic carbocycles. The molecular weight excluding hydrogens is 292 g/mol. The molecule has 0 aliphatic heterocycles. The molecule has 1 aromatic rings. The Bertz CT molecular complexity index is 490. The molecule has 0 aliphatic rings. The van der Waals surface area contributed by atoms with Crippen molar-refractivity contribution in [1.82, 2.24) is 4.90 Å². The number of benzene rings is 1. The van der Waals surface area contributed by atoms with Gasteiger partial charge < -0.3 is 10.0 Å². The van der Waals surface area contributed by atoms with Crippen molar-refractivity contribution >= 4 is 29.3 Å². The first-order valence-electron chi connectivity index (χ1n) is 6.96. The van der Waals surface area contributed by atoms with Crippen LogP contribution in [0.1, 0.15) is 27.2 Å². The first kappa shape index (κ1) is 17.3. The van der Waals surface area contributed by atoms with Gasteiger partial charge in [-0.15, -0.1) is 0 Å². The lowest BCUT2D eigenvalue weighted by Gasteiger charge is -2.33. The van der Waals surface area contributed by atoms with Gasteiger partial charge in [-0.25, -0.2) is 4.79 Å². The van der Waals surface area contributed by atoms with E-state index in [0.29, 0.717) is 17.3 Å². The molecule has 0 spiro atoms. The summed E-state index contributed by atoms with van der Waals surface area (Å²) < 4.78 is 0. The van der Waals surface area contributed by atoms with Gasteiger partial charge >= 0.3 is 12.0 Å². The minimum absolute atomic E-state index is 0.0473. The van der Waals surface area contributed by atoms with Gasteiger partial charge in [0.1, 0.15) is 6.54 Å². The second-order valence-corrected chi connectivity index (χ2v) is 5.22. The van der Waals surface area contributed by atoms with Crippen molar-refractivity contribution in [2.24, 2.45) is 0 Å². The van der Waals surface area contributed by atoms with Crippen molar-refractivity contribution in [3.8, 4) is 0 Å². The third-order valence-corrected chi connectivity index (χ3v) is 3.62. The van der Waals surface area contributed by atoms with Gasteiger partial charge in [0.05, 0.1) is 0 Å². The van der Waals surface area contributed by atoms with E-state index >= 15 is 0 Å². The molecular formula is C15H21ClN2O3. The second-order valence-electron chi connectivity index (χ2n) is 4.78.